The van der Waals surface area contributed by atoms with Gasteiger partial charge in [0.15, 0.2) is 0 Å². The van der Waals surface area contributed by atoms with Gasteiger partial charge in [0.25, 0.3) is 0 Å². The van der Waals surface area contributed by atoms with Gasteiger partial charge in [0.05, 0.1) is 0 Å². The highest BCUT2D eigenvalue weighted by molar-refractivity contribution is 6.15. The Hall–Kier alpha value is -4.82. The Kier molecular flexibility index (Phi) is 4.60. The maximum atomic E-state index is 6.41. The van der Waals surface area contributed by atoms with E-state index in [1.807, 2.05) is 6.07 Å². The minimum absolute atomic E-state index is 0.118. The molecule has 0 saturated carbocycles. The Morgan fingerprint density at radius 2 is 1.23 bits per heavy atom. The lowest BCUT2D eigenvalue weighted by Gasteiger charge is -2.34. The smallest absolute Gasteiger partial charge is 0.136 e. The molecule has 0 saturated heterocycles. The molecule has 0 aliphatic carbocycles. The molecule has 186 valence electrons. The number of hydrogen-bond acceptors (Lipinski definition) is 2. The first-order chi connectivity index (χ1) is 19.1. The van der Waals surface area contributed by atoms with Crippen molar-refractivity contribution < 1.29 is 9.15 Å². The van der Waals surface area contributed by atoms with Crippen molar-refractivity contribution >= 4 is 32.7 Å². The Labute approximate surface area is 227 Å². The van der Waals surface area contributed by atoms with Crippen molar-refractivity contribution in [2.45, 2.75) is 19.3 Å². The molecule has 0 unspecified atom stereocenters. The van der Waals surface area contributed by atoms with Crippen LogP contribution < -0.4 is 4.74 Å². The van der Waals surface area contributed by atoms with E-state index in [1.54, 1.807) is 0 Å². The molecule has 0 atom stereocenters. The number of para-hydroxylation sites is 1. The lowest BCUT2D eigenvalue weighted by Crippen LogP contribution is -2.24. The summed E-state index contributed by atoms with van der Waals surface area (Å²) in [4.78, 5) is 0. The number of fused-ring (bicyclic) bond motifs is 6. The highest BCUT2D eigenvalue weighted by atomic mass is 16.5. The van der Waals surface area contributed by atoms with E-state index >= 15 is 0 Å². The Morgan fingerprint density at radius 3 is 2.13 bits per heavy atom. The van der Waals surface area contributed by atoms with E-state index in [2.05, 4.69) is 129 Å². The SMILES string of the molecule is CC1(C)c2ccccc2Oc2cc(-c3cccc(-c4cccc5oc6cc7ccccc7cc6c45)c3)ccc21. The lowest BCUT2D eigenvalue weighted by atomic mass is 9.75. The van der Waals surface area contributed by atoms with Crippen molar-refractivity contribution in [1.29, 1.82) is 0 Å². The summed E-state index contributed by atoms with van der Waals surface area (Å²) in [7, 11) is 0. The van der Waals surface area contributed by atoms with Crippen molar-refractivity contribution in [3.8, 4) is 33.8 Å². The molecule has 6 aromatic carbocycles. The zero-order valence-corrected chi connectivity index (χ0v) is 21.9. The molecule has 1 aliphatic rings. The average molecular weight is 503 g/mol. The second kappa shape index (κ2) is 8.09. The van der Waals surface area contributed by atoms with Gasteiger partial charge >= 0.3 is 0 Å². The van der Waals surface area contributed by atoms with Crippen LogP contribution in [0.5, 0.6) is 11.5 Å². The van der Waals surface area contributed by atoms with Gasteiger partial charge in [-0.2, -0.15) is 0 Å². The lowest BCUT2D eigenvalue weighted by molar-refractivity contribution is 0.418. The van der Waals surface area contributed by atoms with Crippen molar-refractivity contribution in [1.82, 2.24) is 0 Å². The summed E-state index contributed by atoms with van der Waals surface area (Å²) >= 11 is 0. The summed E-state index contributed by atoms with van der Waals surface area (Å²) in [6.07, 6.45) is 0. The van der Waals surface area contributed by atoms with E-state index in [4.69, 9.17) is 9.15 Å². The molecule has 2 nitrogen and oxygen atoms in total. The first kappa shape index (κ1) is 22.2. The molecule has 8 rings (SSSR count). The standard InChI is InChI=1S/C37H26O2/c1-37(2)30-14-5-6-15-32(30)38-35-22-26(17-18-31(35)37)23-11-7-12-27(19-23)28-13-8-16-33-36(28)29-20-24-9-3-4-10-25(24)21-34(29)39-33/h3-22H,1-2H3. The third kappa shape index (κ3) is 3.35. The molecule has 0 radical (unpaired) electrons. The number of ether oxygens (including phenoxy) is 1. The van der Waals surface area contributed by atoms with Gasteiger partial charge in [-0.25, -0.2) is 0 Å². The zero-order valence-electron chi connectivity index (χ0n) is 21.9. The monoisotopic (exact) mass is 502 g/mol. The van der Waals surface area contributed by atoms with Crippen molar-refractivity contribution in [2.24, 2.45) is 0 Å². The molecule has 0 N–H and O–H groups in total. The van der Waals surface area contributed by atoms with Crippen LogP contribution in [0.4, 0.5) is 0 Å². The summed E-state index contributed by atoms with van der Waals surface area (Å²) in [6, 6.07) is 43.0. The van der Waals surface area contributed by atoms with Crippen LogP contribution in [0.2, 0.25) is 0 Å². The fourth-order valence-corrected chi connectivity index (χ4v) is 6.26. The van der Waals surface area contributed by atoms with Gasteiger partial charge in [0, 0.05) is 27.3 Å². The average Bonchev–Trinajstić information content (AvgIpc) is 3.33. The largest absolute Gasteiger partial charge is 0.457 e. The maximum absolute atomic E-state index is 6.41. The van der Waals surface area contributed by atoms with E-state index in [0.717, 1.165) is 44.6 Å². The normalized spacial score (nSPS) is 13.8. The number of furan rings is 1. The number of rotatable bonds is 2. The predicted octanol–water partition coefficient (Wildman–Crippen LogP) is 10.5. The first-order valence-corrected chi connectivity index (χ1v) is 13.4. The zero-order chi connectivity index (χ0) is 26.1. The van der Waals surface area contributed by atoms with Gasteiger partial charge in [-0.05, 0) is 69.4 Å². The summed E-state index contributed by atoms with van der Waals surface area (Å²) in [5.41, 5.74) is 8.78. The van der Waals surface area contributed by atoms with Crippen LogP contribution in [0.25, 0.3) is 55.0 Å². The van der Waals surface area contributed by atoms with Gasteiger partial charge < -0.3 is 9.15 Å². The van der Waals surface area contributed by atoms with Crippen LogP contribution in [0.3, 0.4) is 0 Å². The van der Waals surface area contributed by atoms with Gasteiger partial charge in [-0.1, -0.05) is 98.8 Å². The summed E-state index contributed by atoms with van der Waals surface area (Å²) in [6.45, 7) is 4.54. The molecule has 39 heavy (non-hydrogen) atoms. The van der Waals surface area contributed by atoms with Crippen LogP contribution >= 0.6 is 0 Å². The maximum Gasteiger partial charge on any atom is 0.136 e. The third-order valence-corrected chi connectivity index (χ3v) is 8.31. The summed E-state index contributed by atoms with van der Waals surface area (Å²) in [5.74, 6) is 1.86. The summed E-state index contributed by atoms with van der Waals surface area (Å²) in [5, 5.41) is 4.71. The third-order valence-electron chi connectivity index (χ3n) is 8.31. The Balaban J connectivity index is 1.26. The molecular formula is C37H26O2. The van der Waals surface area contributed by atoms with E-state index in [9.17, 15) is 0 Å². The molecule has 0 spiro atoms. The topological polar surface area (TPSA) is 22.4 Å². The summed E-state index contributed by atoms with van der Waals surface area (Å²) < 4.78 is 12.7. The first-order valence-electron chi connectivity index (χ1n) is 13.4. The highest BCUT2D eigenvalue weighted by Crippen LogP contribution is 2.49. The van der Waals surface area contributed by atoms with Crippen LogP contribution in [0.1, 0.15) is 25.0 Å². The number of benzene rings is 6. The molecule has 2 heteroatoms. The molecule has 1 aromatic heterocycles. The predicted molar refractivity (Wildman–Crippen MR) is 161 cm³/mol. The van der Waals surface area contributed by atoms with Crippen molar-refractivity contribution in [3.63, 3.8) is 0 Å². The molecule has 0 bridgehead atoms. The van der Waals surface area contributed by atoms with E-state index < -0.39 is 0 Å². The van der Waals surface area contributed by atoms with E-state index in [-0.39, 0.29) is 5.41 Å². The van der Waals surface area contributed by atoms with Crippen LogP contribution in [-0.4, -0.2) is 0 Å². The van der Waals surface area contributed by atoms with Crippen molar-refractivity contribution in [3.05, 3.63) is 132 Å². The minimum Gasteiger partial charge on any atom is -0.457 e. The van der Waals surface area contributed by atoms with Gasteiger partial charge in [-0.3, -0.25) is 0 Å². The molecule has 2 heterocycles. The molecule has 7 aromatic rings. The quantitative estimate of drug-likeness (QED) is 0.235. The Morgan fingerprint density at radius 1 is 0.513 bits per heavy atom. The fraction of sp³-hybridized carbons (Fsp3) is 0.0811. The second-order valence-electron chi connectivity index (χ2n) is 11.0. The van der Waals surface area contributed by atoms with Crippen molar-refractivity contribution in [2.75, 3.05) is 0 Å². The molecule has 0 amide bonds. The van der Waals surface area contributed by atoms with E-state index in [0.29, 0.717) is 0 Å². The fourth-order valence-electron chi connectivity index (χ4n) is 6.26. The van der Waals surface area contributed by atoms with Crippen LogP contribution in [-0.2, 0) is 5.41 Å². The molecule has 1 aliphatic heterocycles. The van der Waals surface area contributed by atoms with Crippen LogP contribution in [0, 0.1) is 0 Å². The van der Waals surface area contributed by atoms with Gasteiger partial charge in [0.2, 0.25) is 0 Å². The minimum atomic E-state index is -0.118. The van der Waals surface area contributed by atoms with Gasteiger partial charge in [0.1, 0.15) is 22.7 Å². The number of hydrogen-bond donors (Lipinski definition) is 0. The Bertz CT molecular complexity index is 2080. The molecule has 0 fully saturated rings. The van der Waals surface area contributed by atoms with Crippen LogP contribution in [0.15, 0.2) is 126 Å². The van der Waals surface area contributed by atoms with E-state index in [1.165, 1.54) is 33.0 Å². The van der Waals surface area contributed by atoms with Gasteiger partial charge in [-0.15, -0.1) is 0 Å². The molecular weight excluding hydrogens is 476 g/mol. The second-order valence-corrected chi connectivity index (χ2v) is 11.0. The highest BCUT2D eigenvalue weighted by Gasteiger charge is 2.34.